The van der Waals surface area contributed by atoms with Crippen molar-refractivity contribution in [2.75, 3.05) is 54.8 Å². The number of anilines is 2. The molecule has 0 fully saturated rings. The molecule has 3 heterocycles. The number of nitrogens with zero attached hydrogens (tertiary/aromatic N) is 4. The van der Waals surface area contributed by atoms with Gasteiger partial charge in [0.05, 0.1) is 11.2 Å². The Hall–Kier alpha value is -5.32. The van der Waals surface area contributed by atoms with Crippen LogP contribution in [0.3, 0.4) is 0 Å². The Morgan fingerprint density at radius 1 is 0.875 bits per heavy atom. The fourth-order valence-corrected chi connectivity index (χ4v) is 12.4. The summed E-state index contributed by atoms with van der Waals surface area (Å²) in [4.78, 5) is 30.8. The van der Waals surface area contributed by atoms with Crippen molar-refractivity contribution in [2.24, 2.45) is 0 Å². The number of carbonyl (C=O) groups excluding carboxylic acids is 2. The van der Waals surface area contributed by atoms with Gasteiger partial charge in [0.25, 0.3) is 26.1 Å². The smallest absolute Gasteiger partial charge is 0.295 e. The number of hydrogen-bond acceptors (Lipinski definition) is 8. The molecule has 0 saturated heterocycles. The van der Waals surface area contributed by atoms with Crippen LogP contribution in [0.1, 0.15) is 117 Å². The van der Waals surface area contributed by atoms with Crippen LogP contribution >= 0.6 is 11.6 Å². The van der Waals surface area contributed by atoms with Gasteiger partial charge >= 0.3 is 0 Å². The van der Waals surface area contributed by atoms with E-state index in [2.05, 4.69) is 110 Å². The first kappa shape index (κ1) is 54.5. The highest BCUT2D eigenvalue weighted by Crippen LogP contribution is 2.50. The summed E-state index contributed by atoms with van der Waals surface area (Å²) in [6.07, 6.45) is 18.9. The Kier molecular flexibility index (Phi) is 17.0. The molecule has 0 atom stereocenters. The molecule has 2 amide bonds. The summed E-state index contributed by atoms with van der Waals surface area (Å²) < 4.78 is 70.9. The van der Waals surface area contributed by atoms with Crippen LogP contribution in [-0.2, 0) is 40.7 Å². The summed E-state index contributed by atoms with van der Waals surface area (Å²) >= 11 is 7.38. The van der Waals surface area contributed by atoms with E-state index < -0.39 is 31.1 Å². The van der Waals surface area contributed by atoms with Crippen LogP contribution < -0.4 is 15.1 Å². The van der Waals surface area contributed by atoms with E-state index in [1.165, 1.54) is 17.0 Å². The summed E-state index contributed by atoms with van der Waals surface area (Å²) in [5.41, 5.74) is 8.82. The standard InChI is InChI=1S/C56H70ClN5O8S2/c1-8-32-59(33-9-2)42-24-26-46-45(38-42)55(4,5)49(61(46)35-15-37-71(65,66)67)28-22-40-16-13-17-41(54(40)57)23-29-50-56(6,7)53-44-18-14-19-48(72(68,69)70)43(44)25-27-47(53)62(50)34-12-10-11-20-51(63)58-31-36-60-39(3)21-30-52(60)64/h14,18-19,21-30,38H,3,8-13,15-17,20,31-37H2,1-2,4-7H3,(H2-,58,63,65,66,67,68,69,70)/p+1. The summed E-state index contributed by atoms with van der Waals surface area (Å²) in [7, 11) is -8.64. The van der Waals surface area contributed by atoms with Crippen molar-refractivity contribution in [1.82, 2.24) is 10.2 Å². The molecule has 3 N–H and O–H groups in total. The number of hydrogen-bond donors (Lipinski definition) is 3. The summed E-state index contributed by atoms with van der Waals surface area (Å²) in [6.45, 7) is 20.5. The van der Waals surface area contributed by atoms with Crippen LogP contribution in [0.4, 0.5) is 17.1 Å². The second-order valence-corrected chi connectivity index (χ2v) is 23.6. The fraction of sp³-hybridized carbons (Fsp3) is 0.446. The molecule has 0 aromatic heterocycles. The van der Waals surface area contributed by atoms with Gasteiger partial charge in [-0.15, -0.1) is 0 Å². The van der Waals surface area contributed by atoms with E-state index >= 15 is 0 Å². The monoisotopic (exact) mass is 1040 g/mol. The number of carbonyl (C=O) groups is 2. The quantitative estimate of drug-likeness (QED) is 0.0501. The summed E-state index contributed by atoms with van der Waals surface area (Å²) in [5, 5.41) is 4.77. The van der Waals surface area contributed by atoms with E-state index in [0.29, 0.717) is 55.1 Å². The first-order valence-corrected chi connectivity index (χ1v) is 28.8. The van der Waals surface area contributed by atoms with Gasteiger partial charge in [0, 0.05) is 108 Å². The Morgan fingerprint density at radius 2 is 1.62 bits per heavy atom. The summed E-state index contributed by atoms with van der Waals surface area (Å²) in [5.74, 6) is -0.552. The van der Waals surface area contributed by atoms with Gasteiger partial charge in [-0.05, 0) is 130 Å². The SMILES string of the molecule is C=C1C=CC(=O)N1CCNC(=O)CCCCC[N+]1=C(C=CC2=C(Cl)C(=CC=C3N(CCCS(=O)(=O)O)c4ccc(N(CCC)CCC)cc4C3(C)C)CCC2)C(C)(C)c2c1ccc1c(S(=O)(=O)O)cccc21. The largest absolute Gasteiger partial charge is 0.372 e. The van der Waals surface area contributed by atoms with Crippen molar-refractivity contribution >= 4 is 77.2 Å². The Balaban J connectivity index is 1.17. The minimum absolute atomic E-state index is 0.0771. The van der Waals surface area contributed by atoms with Gasteiger partial charge in [0.1, 0.15) is 11.4 Å². The molecule has 0 spiro atoms. The number of rotatable bonds is 22. The lowest BCUT2D eigenvalue weighted by molar-refractivity contribution is -0.438. The van der Waals surface area contributed by atoms with Crippen molar-refractivity contribution < 1.29 is 40.1 Å². The first-order valence-electron chi connectivity index (χ1n) is 25.3. The van der Waals surface area contributed by atoms with Crippen molar-refractivity contribution in [1.29, 1.82) is 0 Å². The molecule has 16 heteroatoms. The lowest BCUT2D eigenvalue weighted by Crippen LogP contribution is -2.34. The van der Waals surface area contributed by atoms with E-state index in [9.17, 15) is 35.5 Å². The fourth-order valence-electron chi connectivity index (χ4n) is 10.9. The highest BCUT2D eigenvalue weighted by molar-refractivity contribution is 7.86. The average molecular weight is 1040 g/mol. The number of amides is 2. The third-order valence-corrected chi connectivity index (χ3v) is 16.7. The molecule has 3 aromatic rings. The molecule has 13 nitrogen and oxygen atoms in total. The highest BCUT2D eigenvalue weighted by Gasteiger charge is 2.46. The number of fused-ring (bicyclic) bond motifs is 4. The first-order chi connectivity index (χ1) is 34.1. The number of benzene rings is 3. The molecule has 3 aliphatic heterocycles. The highest BCUT2D eigenvalue weighted by atomic mass is 35.5. The maximum atomic E-state index is 12.8. The van der Waals surface area contributed by atoms with Crippen molar-refractivity contribution in [3.8, 4) is 0 Å². The van der Waals surface area contributed by atoms with E-state index in [1.807, 2.05) is 12.1 Å². The number of nitrogens with one attached hydrogen (secondary N) is 1. The third kappa shape index (κ3) is 11.9. The van der Waals surface area contributed by atoms with Crippen molar-refractivity contribution in [2.45, 2.75) is 121 Å². The van der Waals surface area contributed by atoms with Crippen molar-refractivity contribution in [3.63, 3.8) is 0 Å². The molecule has 0 radical (unpaired) electrons. The second kappa shape index (κ2) is 22.4. The van der Waals surface area contributed by atoms with E-state index in [0.717, 1.165) is 114 Å². The van der Waals surface area contributed by atoms with Crippen LogP contribution in [0, 0.1) is 0 Å². The van der Waals surface area contributed by atoms with E-state index in [-0.39, 0.29) is 28.9 Å². The molecule has 0 unspecified atom stereocenters. The Labute approximate surface area is 431 Å². The van der Waals surface area contributed by atoms with Gasteiger partial charge in [-0.3, -0.25) is 18.7 Å². The lowest BCUT2D eigenvalue weighted by Gasteiger charge is -2.27. The predicted octanol–water partition coefficient (Wildman–Crippen LogP) is 10.8. The lowest BCUT2D eigenvalue weighted by atomic mass is 9.78. The minimum Gasteiger partial charge on any atom is -0.372 e. The van der Waals surface area contributed by atoms with Gasteiger partial charge < -0.3 is 20.0 Å². The maximum Gasteiger partial charge on any atom is 0.295 e. The van der Waals surface area contributed by atoms with Crippen LogP contribution in [-0.4, -0.2) is 98.0 Å². The molecular weight excluding hydrogens is 970 g/mol. The van der Waals surface area contributed by atoms with Gasteiger partial charge in [-0.2, -0.15) is 21.4 Å². The van der Waals surface area contributed by atoms with Gasteiger partial charge in [-0.1, -0.05) is 70.2 Å². The Morgan fingerprint density at radius 3 is 2.31 bits per heavy atom. The molecule has 7 rings (SSSR count). The molecule has 0 bridgehead atoms. The normalized spacial score (nSPS) is 18.7. The molecule has 3 aromatic carbocycles. The molecule has 72 heavy (non-hydrogen) atoms. The van der Waals surface area contributed by atoms with E-state index in [4.69, 9.17) is 11.6 Å². The summed E-state index contributed by atoms with van der Waals surface area (Å²) in [6, 6.07) is 15.2. The van der Waals surface area contributed by atoms with Gasteiger partial charge in [-0.25, -0.2) is 0 Å². The molecule has 1 aliphatic carbocycles. The molecule has 4 aliphatic rings. The maximum absolute atomic E-state index is 12.8. The van der Waals surface area contributed by atoms with Crippen LogP contribution in [0.2, 0.25) is 0 Å². The third-order valence-electron chi connectivity index (χ3n) is 14.5. The van der Waals surface area contributed by atoms with Crippen LogP contribution in [0.5, 0.6) is 0 Å². The number of halogens is 1. The zero-order chi connectivity index (χ0) is 52.2. The number of unbranched alkanes of at least 4 members (excludes halogenated alkanes) is 2. The second-order valence-electron chi connectivity index (χ2n) is 20.3. The Bertz CT molecular complexity index is 3030. The van der Waals surface area contributed by atoms with Crippen LogP contribution in [0.15, 0.2) is 124 Å². The van der Waals surface area contributed by atoms with Gasteiger partial charge in [0.2, 0.25) is 11.6 Å². The topological polar surface area (TPSA) is 168 Å². The molecular formula is C56H71ClN5O8S2+. The van der Waals surface area contributed by atoms with Crippen LogP contribution in [0.25, 0.3) is 10.8 Å². The average Bonchev–Trinajstić information content (AvgIpc) is 3.84. The zero-order valence-corrected chi connectivity index (χ0v) is 45.0. The number of allylic oxidation sites excluding steroid dienone is 9. The van der Waals surface area contributed by atoms with Gasteiger partial charge in [0.15, 0.2) is 5.71 Å². The predicted molar refractivity (Wildman–Crippen MR) is 291 cm³/mol. The van der Waals surface area contributed by atoms with Crippen molar-refractivity contribution in [3.05, 3.63) is 130 Å². The minimum atomic E-state index is -4.50. The molecule has 0 saturated carbocycles. The zero-order valence-electron chi connectivity index (χ0n) is 42.6. The van der Waals surface area contributed by atoms with E-state index in [1.54, 1.807) is 18.2 Å². The molecule has 386 valence electrons.